The van der Waals surface area contributed by atoms with E-state index in [4.69, 9.17) is 0 Å². The fourth-order valence-corrected chi connectivity index (χ4v) is 5.94. The monoisotopic (exact) mass is 457 g/mol. The van der Waals surface area contributed by atoms with Gasteiger partial charge in [0.1, 0.15) is 0 Å². The number of anilines is 1. The van der Waals surface area contributed by atoms with Gasteiger partial charge in [0.05, 0.1) is 5.92 Å². The molecule has 0 radical (unpaired) electrons. The van der Waals surface area contributed by atoms with E-state index in [1.165, 1.54) is 11.1 Å². The summed E-state index contributed by atoms with van der Waals surface area (Å²) in [6.07, 6.45) is 8.28. The van der Waals surface area contributed by atoms with Gasteiger partial charge in [-0.3, -0.25) is 9.59 Å². The summed E-state index contributed by atoms with van der Waals surface area (Å²) >= 11 is 0. The van der Waals surface area contributed by atoms with Gasteiger partial charge in [0, 0.05) is 37.2 Å². The lowest BCUT2D eigenvalue weighted by molar-refractivity contribution is -0.128. The summed E-state index contributed by atoms with van der Waals surface area (Å²) < 4.78 is 0. The topological polar surface area (TPSA) is 43.9 Å². The van der Waals surface area contributed by atoms with Gasteiger partial charge in [0.15, 0.2) is 0 Å². The Morgan fingerprint density at radius 1 is 1.06 bits per heavy atom. The average Bonchev–Trinajstić information content (AvgIpc) is 3.44. The molecule has 178 valence electrons. The molecule has 5 nitrogen and oxygen atoms in total. The van der Waals surface area contributed by atoms with E-state index < -0.39 is 0 Å². The number of fused-ring (bicyclic) bond motifs is 2. The average molecular weight is 458 g/mol. The summed E-state index contributed by atoms with van der Waals surface area (Å²) in [5, 5.41) is 0. The van der Waals surface area contributed by atoms with E-state index in [9.17, 15) is 9.59 Å². The number of amides is 2. The second kappa shape index (κ2) is 9.75. The maximum atomic E-state index is 13.4. The first kappa shape index (κ1) is 22.9. The van der Waals surface area contributed by atoms with Crippen molar-refractivity contribution >= 4 is 23.6 Å². The van der Waals surface area contributed by atoms with Gasteiger partial charge in [-0.05, 0) is 69.1 Å². The standard InChI is InChI=1S/C29H35N3O2/c1-2-31-22-24(21-27(31)33)28(34)32(25-10-4-3-5-11-25)18-8-17-30-19-15-29(16-20-30)14-13-23-9-6-7-12-26(23)29/h3-7,9-14,24H,2,8,15-22H2,1H3. The molecular formula is C29H35N3O2. The van der Waals surface area contributed by atoms with Crippen molar-refractivity contribution in [1.82, 2.24) is 9.80 Å². The number of piperidine rings is 1. The maximum absolute atomic E-state index is 13.4. The number of para-hydroxylation sites is 1. The highest BCUT2D eigenvalue weighted by Gasteiger charge is 2.38. The Labute approximate surface area is 203 Å². The Bertz CT molecular complexity index is 1060. The third kappa shape index (κ3) is 4.41. The van der Waals surface area contributed by atoms with Gasteiger partial charge in [-0.15, -0.1) is 0 Å². The van der Waals surface area contributed by atoms with Crippen LogP contribution in [0.25, 0.3) is 6.08 Å². The van der Waals surface area contributed by atoms with Gasteiger partial charge in [0.2, 0.25) is 11.8 Å². The predicted octanol–water partition coefficient (Wildman–Crippen LogP) is 4.34. The molecule has 1 unspecified atom stereocenters. The van der Waals surface area contributed by atoms with E-state index in [0.717, 1.165) is 44.6 Å². The van der Waals surface area contributed by atoms with Gasteiger partial charge < -0.3 is 14.7 Å². The zero-order valence-electron chi connectivity index (χ0n) is 20.2. The van der Waals surface area contributed by atoms with Crippen LogP contribution < -0.4 is 4.90 Å². The van der Waals surface area contributed by atoms with Gasteiger partial charge >= 0.3 is 0 Å². The Balaban J connectivity index is 1.18. The molecular weight excluding hydrogens is 422 g/mol. The van der Waals surface area contributed by atoms with Gasteiger partial charge in [-0.1, -0.05) is 54.6 Å². The minimum Gasteiger partial charge on any atom is -0.342 e. The van der Waals surface area contributed by atoms with Crippen molar-refractivity contribution in [3.63, 3.8) is 0 Å². The van der Waals surface area contributed by atoms with Crippen LogP contribution in [-0.4, -0.2) is 60.9 Å². The summed E-state index contributed by atoms with van der Waals surface area (Å²) in [4.78, 5) is 31.9. The first-order valence-electron chi connectivity index (χ1n) is 12.7. The molecule has 2 saturated heterocycles. The number of rotatable bonds is 7. The molecule has 0 N–H and O–H groups in total. The lowest BCUT2D eigenvalue weighted by Gasteiger charge is -2.39. The van der Waals surface area contributed by atoms with E-state index in [0.29, 0.717) is 26.1 Å². The van der Waals surface area contributed by atoms with Crippen LogP contribution in [0.1, 0.15) is 43.7 Å². The third-order valence-corrected chi connectivity index (χ3v) is 7.96. The SMILES string of the molecule is CCN1CC(C(=O)N(CCCN2CCC3(C=Cc4ccccc43)CC2)c2ccccc2)CC1=O. The highest BCUT2D eigenvalue weighted by Crippen LogP contribution is 2.43. The van der Waals surface area contributed by atoms with Gasteiger partial charge in [-0.25, -0.2) is 0 Å². The number of allylic oxidation sites excluding steroid dienone is 1. The molecule has 2 fully saturated rings. The van der Waals surface area contributed by atoms with Crippen molar-refractivity contribution in [2.45, 2.75) is 38.0 Å². The van der Waals surface area contributed by atoms with E-state index >= 15 is 0 Å². The lowest BCUT2D eigenvalue weighted by atomic mass is 9.74. The van der Waals surface area contributed by atoms with E-state index in [1.807, 2.05) is 42.2 Å². The summed E-state index contributed by atoms with van der Waals surface area (Å²) in [5.74, 6) is -0.0591. The Kier molecular flexibility index (Phi) is 6.55. The van der Waals surface area contributed by atoms with Crippen molar-refractivity contribution in [3.05, 3.63) is 71.8 Å². The van der Waals surface area contributed by atoms with Crippen LogP contribution in [0, 0.1) is 5.92 Å². The normalized spacial score (nSPS) is 21.3. The third-order valence-electron chi connectivity index (χ3n) is 7.96. The van der Waals surface area contributed by atoms with Crippen molar-refractivity contribution < 1.29 is 9.59 Å². The number of benzene rings is 2. The van der Waals surface area contributed by atoms with Gasteiger partial charge in [-0.2, -0.15) is 0 Å². The number of hydrogen-bond donors (Lipinski definition) is 0. The van der Waals surface area contributed by atoms with Crippen LogP contribution in [-0.2, 0) is 15.0 Å². The number of likely N-dealkylation sites (tertiary alicyclic amines) is 2. The molecule has 2 aromatic carbocycles. The smallest absolute Gasteiger partial charge is 0.232 e. The molecule has 2 aromatic rings. The number of nitrogens with zero attached hydrogens (tertiary/aromatic N) is 3. The fraction of sp³-hybridized carbons (Fsp3) is 0.448. The Morgan fingerprint density at radius 3 is 2.53 bits per heavy atom. The van der Waals surface area contributed by atoms with Crippen LogP contribution in [0.5, 0.6) is 0 Å². The molecule has 2 amide bonds. The lowest BCUT2D eigenvalue weighted by Crippen LogP contribution is -2.43. The van der Waals surface area contributed by atoms with Crippen molar-refractivity contribution in [3.8, 4) is 0 Å². The molecule has 0 bridgehead atoms. The largest absolute Gasteiger partial charge is 0.342 e. The second-order valence-electron chi connectivity index (χ2n) is 9.93. The minimum absolute atomic E-state index is 0.0841. The molecule has 34 heavy (non-hydrogen) atoms. The highest BCUT2D eigenvalue weighted by atomic mass is 16.2. The quantitative estimate of drug-likeness (QED) is 0.621. The molecule has 0 saturated carbocycles. The molecule has 0 aromatic heterocycles. The predicted molar refractivity (Wildman–Crippen MR) is 137 cm³/mol. The first-order chi connectivity index (χ1) is 16.6. The summed E-state index contributed by atoms with van der Waals surface area (Å²) in [5.41, 5.74) is 4.00. The molecule has 3 aliphatic rings. The molecule has 2 heterocycles. The van der Waals surface area contributed by atoms with E-state index in [2.05, 4.69) is 41.3 Å². The molecule has 2 aliphatic heterocycles. The summed E-state index contributed by atoms with van der Waals surface area (Å²) in [6, 6.07) is 18.7. The van der Waals surface area contributed by atoms with Crippen molar-refractivity contribution in [2.24, 2.45) is 5.92 Å². The van der Waals surface area contributed by atoms with Gasteiger partial charge in [0.25, 0.3) is 0 Å². The fourth-order valence-electron chi connectivity index (χ4n) is 5.94. The van der Waals surface area contributed by atoms with E-state index in [-0.39, 0.29) is 23.1 Å². The number of hydrogen-bond acceptors (Lipinski definition) is 3. The zero-order valence-corrected chi connectivity index (χ0v) is 20.2. The molecule has 5 heteroatoms. The van der Waals surface area contributed by atoms with E-state index in [1.54, 1.807) is 4.90 Å². The summed E-state index contributed by atoms with van der Waals surface area (Å²) in [6.45, 7) is 7.03. The second-order valence-corrected chi connectivity index (χ2v) is 9.93. The Hall–Kier alpha value is -2.92. The van der Waals surface area contributed by atoms with Crippen LogP contribution in [0.4, 0.5) is 5.69 Å². The number of carbonyl (C=O) groups is 2. The van der Waals surface area contributed by atoms with Crippen LogP contribution >= 0.6 is 0 Å². The molecule has 1 atom stereocenters. The molecule has 5 rings (SSSR count). The minimum atomic E-state index is -0.239. The van der Waals surface area contributed by atoms with Crippen LogP contribution in [0.2, 0.25) is 0 Å². The first-order valence-corrected chi connectivity index (χ1v) is 12.7. The summed E-state index contributed by atoms with van der Waals surface area (Å²) in [7, 11) is 0. The maximum Gasteiger partial charge on any atom is 0.232 e. The van der Waals surface area contributed by atoms with Crippen LogP contribution in [0.3, 0.4) is 0 Å². The Morgan fingerprint density at radius 2 is 1.79 bits per heavy atom. The molecule has 1 spiro atoms. The zero-order chi connectivity index (χ0) is 23.5. The molecule has 1 aliphatic carbocycles. The van der Waals surface area contributed by atoms with Crippen molar-refractivity contribution in [1.29, 1.82) is 0 Å². The highest BCUT2D eigenvalue weighted by molar-refractivity contribution is 5.99. The van der Waals surface area contributed by atoms with Crippen LogP contribution in [0.15, 0.2) is 60.7 Å². The number of carbonyl (C=O) groups excluding carboxylic acids is 2. The van der Waals surface area contributed by atoms with Crippen molar-refractivity contribution in [2.75, 3.05) is 44.2 Å².